The lowest BCUT2D eigenvalue weighted by molar-refractivity contribution is 0.0370. The smallest absolute Gasteiger partial charge is 0.215 e. The second-order valence-electron chi connectivity index (χ2n) is 7.47. The molecule has 0 atom stereocenters. The third-order valence-corrected chi connectivity index (χ3v) is 5.71. The summed E-state index contributed by atoms with van der Waals surface area (Å²) >= 11 is 0. The Morgan fingerprint density at radius 3 is 2.53 bits per heavy atom. The monoisotopic (exact) mass is 426 g/mol. The van der Waals surface area contributed by atoms with Crippen LogP contribution in [0, 0.1) is 0 Å². The van der Waals surface area contributed by atoms with Crippen molar-refractivity contribution in [1.29, 1.82) is 0 Å². The maximum atomic E-state index is 5.47. The molecule has 3 heterocycles. The molecule has 30 heavy (non-hydrogen) atoms. The van der Waals surface area contributed by atoms with Crippen LogP contribution in [0.1, 0.15) is 6.42 Å². The molecule has 4 aromatic rings. The third-order valence-electron chi connectivity index (χ3n) is 5.71. The highest BCUT2D eigenvalue weighted by Gasteiger charge is 2.16. The van der Waals surface area contributed by atoms with Gasteiger partial charge < -0.3 is 14.0 Å². The van der Waals surface area contributed by atoms with Crippen LogP contribution in [0.15, 0.2) is 54.7 Å². The highest BCUT2D eigenvalue weighted by atomic mass is 35.5. The van der Waals surface area contributed by atoms with Gasteiger partial charge in [0.25, 0.3) is 0 Å². The Labute approximate surface area is 182 Å². The molecule has 0 spiro atoms. The maximum absolute atomic E-state index is 5.47. The van der Waals surface area contributed by atoms with Crippen molar-refractivity contribution in [2.24, 2.45) is 0 Å². The van der Waals surface area contributed by atoms with E-state index >= 15 is 0 Å². The summed E-state index contributed by atoms with van der Waals surface area (Å²) < 4.78 is 15.4. The van der Waals surface area contributed by atoms with E-state index in [9.17, 15) is 0 Å². The number of para-hydroxylation sites is 2. The van der Waals surface area contributed by atoms with Gasteiger partial charge in [-0.05, 0) is 42.8 Å². The van der Waals surface area contributed by atoms with Gasteiger partial charge >= 0.3 is 0 Å². The highest BCUT2D eigenvalue weighted by molar-refractivity contribution is 5.85. The van der Waals surface area contributed by atoms with Crippen molar-refractivity contribution in [3.63, 3.8) is 0 Å². The molecule has 0 bridgehead atoms. The molecule has 0 amide bonds. The number of benzene rings is 2. The Hall–Kier alpha value is -2.54. The highest BCUT2D eigenvalue weighted by Crippen LogP contribution is 2.28. The van der Waals surface area contributed by atoms with Gasteiger partial charge in [0.2, 0.25) is 5.78 Å². The first-order valence-corrected chi connectivity index (χ1v) is 10.2. The van der Waals surface area contributed by atoms with Gasteiger partial charge in [-0.25, -0.2) is 4.98 Å². The van der Waals surface area contributed by atoms with Gasteiger partial charge in [0.1, 0.15) is 5.75 Å². The normalized spacial score (nSPS) is 14.8. The number of nitrogens with zero attached hydrogens (tertiary/aromatic N) is 4. The molecule has 6 nitrogen and oxygen atoms in total. The number of fused-ring (bicyclic) bond motifs is 3. The van der Waals surface area contributed by atoms with Gasteiger partial charge in [0.15, 0.2) is 0 Å². The largest absolute Gasteiger partial charge is 0.497 e. The molecule has 0 aliphatic carbocycles. The molecule has 1 aliphatic rings. The number of halogens is 1. The minimum Gasteiger partial charge on any atom is -0.497 e. The van der Waals surface area contributed by atoms with Crippen molar-refractivity contribution in [3.8, 4) is 17.0 Å². The van der Waals surface area contributed by atoms with Crippen molar-refractivity contribution in [1.82, 2.24) is 18.9 Å². The van der Waals surface area contributed by atoms with E-state index in [2.05, 4.69) is 50.4 Å². The summed E-state index contributed by atoms with van der Waals surface area (Å²) in [5.41, 5.74) is 4.53. The fourth-order valence-electron chi connectivity index (χ4n) is 4.14. The van der Waals surface area contributed by atoms with Crippen LogP contribution in [0.4, 0.5) is 0 Å². The first-order valence-electron chi connectivity index (χ1n) is 10.2. The fraction of sp³-hybridized carbons (Fsp3) is 0.348. The Morgan fingerprint density at radius 2 is 1.77 bits per heavy atom. The minimum atomic E-state index is 0. The molecule has 0 radical (unpaired) electrons. The van der Waals surface area contributed by atoms with E-state index in [1.807, 2.05) is 18.2 Å². The van der Waals surface area contributed by atoms with Gasteiger partial charge in [-0.2, -0.15) is 0 Å². The van der Waals surface area contributed by atoms with E-state index in [0.717, 1.165) is 68.4 Å². The molecule has 0 N–H and O–H groups in total. The number of ether oxygens (including phenoxy) is 2. The lowest BCUT2D eigenvalue weighted by Crippen LogP contribution is -2.37. The summed E-state index contributed by atoms with van der Waals surface area (Å²) in [7, 11) is 1.70. The van der Waals surface area contributed by atoms with E-state index in [4.69, 9.17) is 14.5 Å². The number of methoxy groups -OCH3 is 1. The van der Waals surface area contributed by atoms with Gasteiger partial charge in [-0.15, -0.1) is 12.4 Å². The summed E-state index contributed by atoms with van der Waals surface area (Å²) in [4.78, 5) is 7.41. The first kappa shape index (κ1) is 20.7. The van der Waals surface area contributed by atoms with Gasteiger partial charge in [-0.3, -0.25) is 9.30 Å². The fourth-order valence-corrected chi connectivity index (χ4v) is 4.14. The second kappa shape index (κ2) is 9.08. The van der Waals surface area contributed by atoms with Crippen molar-refractivity contribution in [3.05, 3.63) is 54.7 Å². The molecule has 7 heteroatoms. The third kappa shape index (κ3) is 3.90. The van der Waals surface area contributed by atoms with Crippen LogP contribution < -0.4 is 4.74 Å². The number of hydrogen-bond acceptors (Lipinski definition) is 4. The number of hydrogen-bond donors (Lipinski definition) is 0. The average Bonchev–Trinajstić information content (AvgIpc) is 3.31. The first-order chi connectivity index (χ1) is 14.3. The van der Waals surface area contributed by atoms with Crippen LogP contribution in [0.25, 0.3) is 28.1 Å². The Morgan fingerprint density at radius 1 is 1.00 bits per heavy atom. The Kier molecular flexibility index (Phi) is 6.27. The Balaban J connectivity index is 0.00000218. The van der Waals surface area contributed by atoms with E-state index in [0.29, 0.717) is 0 Å². The van der Waals surface area contributed by atoms with E-state index < -0.39 is 0 Å². The van der Waals surface area contributed by atoms with Crippen molar-refractivity contribution in [2.75, 3.05) is 40.0 Å². The van der Waals surface area contributed by atoms with Crippen molar-refractivity contribution in [2.45, 2.75) is 13.0 Å². The maximum Gasteiger partial charge on any atom is 0.215 e. The molecule has 5 rings (SSSR count). The summed E-state index contributed by atoms with van der Waals surface area (Å²) in [6.07, 6.45) is 3.29. The number of aromatic nitrogens is 3. The molecule has 2 aromatic heterocycles. The van der Waals surface area contributed by atoms with Crippen molar-refractivity contribution >= 4 is 29.2 Å². The van der Waals surface area contributed by atoms with Crippen LogP contribution >= 0.6 is 12.4 Å². The summed E-state index contributed by atoms with van der Waals surface area (Å²) in [6, 6.07) is 16.6. The van der Waals surface area contributed by atoms with Crippen LogP contribution in [-0.4, -0.2) is 58.8 Å². The van der Waals surface area contributed by atoms with E-state index in [-0.39, 0.29) is 12.4 Å². The molecule has 2 aromatic carbocycles. The molecule has 1 aliphatic heterocycles. The van der Waals surface area contributed by atoms with E-state index in [1.54, 1.807) is 7.11 Å². The topological polar surface area (TPSA) is 43.9 Å². The number of aryl methyl sites for hydroxylation is 1. The summed E-state index contributed by atoms with van der Waals surface area (Å²) in [5, 5.41) is 0. The van der Waals surface area contributed by atoms with E-state index in [1.165, 1.54) is 11.3 Å². The number of morpholine rings is 1. The zero-order valence-electron chi connectivity index (χ0n) is 17.2. The molecule has 1 saturated heterocycles. The molecule has 0 unspecified atom stereocenters. The van der Waals surface area contributed by atoms with Gasteiger partial charge in [0, 0.05) is 37.9 Å². The minimum absolute atomic E-state index is 0. The molecule has 1 fully saturated rings. The summed E-state index contributed by atoms with van der Waals surface area (Å²) in [5.74, 6) is 1.87. The van der Waals surface area contributed by atoms with Crippen molar-refractivity contribution < 1.29 is 9.47 Å². The zero-order valence-corrected chi connectivity index (χ0v) is 18.0. The molecular weight excluding hydrogens is 400 g/mol. The van der Waals surface area contributed by atoms with Crippen LogP contribution in [0.5, 0.6) is 5.75 Å². The van der Waals surface area contributed by atoms with Crippen LogP contribution in [-0.2, 0) is 11.3 Å². The summed E-state index contributed by atoms with van der Waals surface area (Å²) in [6.45, 7) is 5.75. The van der Waals surface area contributed by atoms with Crippen LogP contribution in [0.2, 0.25) is 0 Å². The number of imidazole rings is 2. The molecular formula is C23H27ClN4O2. The SMILES string of the molecule is COc1ccc(-c2cn3c4ccccc4nc3n2CCCN2CCOCC2)cc1.Cl. The van der Waals surface area contributed by atoms with Gasteiger partial charge in [0.05, 0.1) is 37.1 Å². The lowest BCUT2D eigenvalue weighted by Gasteiger charge is -2.26. The number of rotatable bonds is 6. The standard InChI is InChI=1S/C23H26N4O2.ClH/c1-28-19-9-7-18(8-10-19)22-17-27-21-6-3-2-5-20(21)24-23(27)26(22)12-4-11-25-13-15-29-16-14-25;/h2-3,5-10,17H,4,11-16H2,1H3;1H. The predicted molar refractivity (Wildman–Crippen MR) is 122 cm³/mol. The van der Waals surface area contributed by atoms with Gasteiger partial charge in [-0.1, -0.05) is 12.1 Å². The average molecular weight is 427 g/mol. The molecule has 158 valence electrons. The Bertz CT molecular complexity index is 1110. The van der Waals surface area contributed by atoms with Crippen LogP contribution in [0.3, 0.4) is 0 Å². The lowest BCUT2D eigenvalue weighted by atomic mass is 10.1. The zero-order chi connectivity index (χ0) is 19.6. The molecule has 0 saturated carbocycles. The second-order valence-corrected chi connectivity index (χ2v) is 7.47. The predicted octanol–water partition coefficient (Wildman–Crippen LogP) is 4.11. The quantitative estimate of drug-likeness (QED) is 0.465.